The van der Waals surface area contributed by atoms with Crippen molar-refractivity contribution >= 4 is 73.9 Å². The third-order valence-electron chi connectivity index (χ3n) is 6.37. The largest absolute Gasteiger partial charge is 0.354 e. The van der Waals surface area contributed by atoms with E-state index >= 15 is 0 Å². The molecule has 1 N–H and O–H groups in total. The molecule has 0 bridgehead atoms. The zero-order valence-corrected chi connectivity index (χ0v) is 26.5. The van der Waals surface area contributed by atoms with Crippen LogP contribution in [0.4, 0.5) is 5.69 Å². The Labute approximate surface area is 261 Å². The molecule has 1 atom stereocenters. The predicted octanol–water partition coefficient (Wildman–Crippen LogP) is 7.22. The Balaban J connectivity index is 2.07. The number of halogens is 4. The van der Waals surface area contributed by atoms with Crippen molar-refractivity contribution in [2.45, 2.75) is 50.6 Å². The standard InChI is InChI=1S/C29H31Cl4N3O4S/c1-3-5-15-34-29(38)27(4-2)35(18-20-11-12-21(30)16-25(20)32)28(37)19-36(22-13-14-24(31)26(33)17-22)41(39,40)23-9-7-6-8-10-23/h6-14,16-17,27H,3-5,15,18-19H2,1-2H3,(H,34,38)/t27-/m1/s1. The Bertz CT molecular complexity index is 1470. The van der Waals surface area contributed by atoms with Crippen LogP contribution in [0.2, 0.25) is 20.1 Å². The minimum atomic E-state index is -4.23. The SMILES string of the molecule is CCCCNC(=O)[C@@H](CC)N(Cc1ccc(Cl)cc1Cl)C(=O)CN(c1ccc(Cl)c(Cl)c1)S(=O)(=O)c1ccccc1. The molecule has 3 rings (SSSR count). The molecule has 0 saturated carbocycles. The number of unbranched alkanes of at least 4 members (excludes halogenated alkanes) is 1. The van der Waals surface area contributed by atoms with E-state index in [0.717, 1.165) is 17.1 Å². The van der Waals surface area contributed by atoms with Crippen LogP contribution in [-0.4, -0.2) is 44.3 Å². The fraction of sp³-hybridized carbons (Fsp3) is 0.310. The normalized spacial score (nSPS) is 12.0. The van der Waals surface area contributed by atoms with Crippen LogP contribution < -0.4 is 9.62 Å². The van der Waals surface area contributed by atoms with E-state index in [4.69, 9.17) is 46.4 Å². The van der Waals surface area contributed by atoms with Gasteiger partial charge < -0.3 is 10.2 Å². The van der Waals surface area contributed by atoms with Gasteiger partial charge in [0.15, 0.2) is 0 Å². The number of carbonyl (C=O) groups excluding carboxylic acids is 2. The molecule has 12 heteroatoms. The molecule has 0 unspecified atom stereocenters. The second-order valence-electron chi connectivity index (χ2n) is 9.25. The van der Waals surface area contributed by atoms with E-state index in [1.165, 1.54) is 35.2 Å². The maximum atomic E-state index is 14.1. The van der Waals surface area contributed by atoms with Crippen LogP contribution in [0.3, 0.4) is 0 Å². The van der Waals surface area contributed by atoms with Crippen molar-refractivity contribution in [3.8, 4) is 0 Å². The molecule has 0 aliphatic rings. The number of anilines is 1. The maximum absolute atomic E-state index is 14.1. The molecular weight excluding hydrogens is 628 g/mol. The van der Waals surface area contributed by atoms with Gasteiger partial charge in [0, 0.05) is 23.1 Å². The van der Waals surface area contributed by atoms with E-state index in [1.807, 2.05) is 6.92 Å². The molecular formula is C29H31Cl4N3O4S. The lowest BCUT2D eigenvalue weighted by Crippen LogP contribution is -2.52. The highest BCUT2D eigenvalue weighted by Gasteiger charge is 2.34. The van der Waals surface area contributed by atoms with E-state index < -0.39 is 28.5 Å². The van der Waals surface area contributed by atoms with Crippen LogP contribution in [0.25, 0.3) is 0 Å². The Morgan fingerprint density at radius 1 is 0.878 bits per heavy atom. The smallest absolute Gasteiger partial charge is 0.264 e. The van der Waals surface area contributed by atoms with Crippen molar-refractivity contribution in [3.63, 3.8) is 0 Å². The average Bonchev–Trinajstić information content (AvgIpc) is 2.94. The first-order valence-electron chi connectivity index (χ1n) is 13.0. The van der Waals surface area contributed by atoms with Crippen LogP contribution in [0.5, 0.6) is 0 Å². The van der Waals surface area contributed by atoms with Crippen molar-refractivity contribution in [1.29, 1.82) is 0 Å². The van der Waals surface area contributed by atoms with Crippen molar-refractivity contribution in [3.05, 3.63) is 92.4 Å². The van der Waals surface area contributed by atoms with Gasteiger partial charge in [-0.25, -0.2) is 8.42 Å². The molecule has 41 heavy (non-hydrogen) atoms. The topological polar surface area (TPSA) is 86.8 Å². The average molecular weight is 659 g/mol. The lowest BCUT2D eigenvalue weighted by molar-refractivity contribution is -0.140. The molecule has 0 saturated heterocycles. The van der Waals surface area contributed by atoms with Crippen LogP contribution in [0.15, 0.2) is 71.6 Å². The van der Waals surface area contributed by atoms with Gasteiger partial charge in [-0.05, 0) is 60.9 Å². The fourth-order valence-corrected chi connectivity index (χ4v) is 6.34. The molecule has 3 aromatic rings. The Kier molecular flexibility index (Phi) is 12.2. The van der Waals surface area contributed by atoms with E-state index in [1.54, 1.807) is 43.3 Å². The first kappa shape index (κ1) is 33.0. The van der Waals surface area contributed by atoms with Crippen LogP contribution in [0.1, 0.15) is 38.7 Å². The molecule has 0 heterocycles. The number of rotatable bonds is 13. The third kappa shape index (κ3) is 8.52. The molecule has 0 spiro atoms. The summed E-state index contributed by atoms with van der Waals surface area (Å²) in [6.45, 7) is 3.58. The van der Waals surface area contributed by atoms with Gasteiger partial charge in [0.2, 0.25) is 11.8 Å². The van der Waals surface area contributed by atoms with E-state index in [2.05, 4.69) is 5.32 Å². The fourth-order valence-electron chi connectivity index (χ4n) is 4.15. The zero-order valence-electron chi connectivity index (χ0n) is 22.6. The third-order valence-corrected chi connectivity index (χ3v) is 9.49. The van der Waals surface area contributed by atoms with Crippen molar-refractivity contribution in [2.75, 3.05) is 17.4 Å². The number of nitrogens with one attached hydrogen (secondary N) is 1. The number of amides is 2. The number of nitrogens with zero attached hydrogens (tertiary/aromatic N) is 2. The molecule has 0 radical (unpaired) electrons. The molecule has 3 aromatic carbocycles. The second kappa shape index (κ2) is 15.1. The summed E-state index contributed by atoms with van der Waals surface area (Å²) >= 11 is 24.8. The van der Waals surface area contributed by atoms with Crippen LogP contribution >= 0.6 is 46.4 Å². The summed E-state index contributed by atoms with van der Waals surface area (Å²) in [5.74, 6) is -0.953. The minimum Gasteiger partial charge on any atom is -0.354 e. The minimum absolute atomic E-state index is 0.0180. The van der Waals surface area contributed by atoms with E-state index in [-0.39, 0.29) is 39.5 Å². The van der Waals surface area contributed by atoms with Crippen molar-refractivity contribution in [1.82, 2.24) is 10.2 Å². The molecule has 220 valence electrons. The molecule has 0 aliphatic heterocycles. The van der Waals surface area contributed by atoms with Gasteiger partial charge in [-0.2, -0.15) is 0 Å². The van der Waals surface area contributed by atoms with Gasteiger partial charge in [0.05, 0.1) is 20.6 Å². The monoisotopic (exact) mass is 657 g/mol. The summed E-state index contributed by atoms with van der Waals surface area (Å²) in [6.07, 6.45) is 1.95. The van der Waals surface area contributed by atoms with E-state index in [9.17, 15) is 18.0 Å². The summed E-state index contributed by atoms with van der Waals surface area (Å²) in [5, 5.41) is 3.97. The number of carbonyl (C=O) groups is 2. The summed E-state index contributed by atoms with van der Waals surface area (Å²) in [5.41, 5.74) is 0.692. The van der Waals surface area contributed by atoms with Gasteiger partial charge >= 0.3 is 0 Å². The van der Waals surface area contributed by atoms with Crippen molar-refractivity contribution < 1.29 is 18.0 Å². The molecule has 0 aliphatic carbocycles. The van der Waals surface area contributed by atoms with Gasteiger partial charge in [0.25, 0.3) is 10.0 Å². The van der Waals surface area contributed by atoms with Crippen LogP contribution in [-0.2, 0) is 26.2 Å². The number of hydrogen-bond donors (Lipinski definition) is 1. The number of benzene rings is 3. The molecule has 0 aromatic heterocycles. The lowest BCUT2D eigenvalue weighted by atomic mass is 10.1. The summed E-state index contributed by atoms with van der Waals surface area (Å²) in [7, 11) is -4.23. The number of hydrogen-bond acceptors (Lipinski definition) is 4. The molecule has 2 amide bonds. The quantitative estimate of drug-likeness (QED) is 0.197. The first-order chi connectivity index (χ1) is 19.5. The Hall–Kier alpha value is -2.49. The van der Waals surface area contributed by atoms with E-state index in [0.29, 0.717) is 22.2 Å². The summed E-state index contributed by atoms with van der Waals surface area (Å²) in [6, 6.07) is 16.0. The van der Waals surface area contributed by atoms with Gasteiger partial charge in [-0.1, -0.05) is 90.9 Å². The van der Waals surface area contributed by atoms with Gasteiger partial charge in [-0.15, -0.1) is 0 Å². The molecule has 7 nitrogen and oxygen atoms in total. The van der Waals surface area contributed by atoms with Crippen molar-refractivity contribution in [2.24, 2.45) is 0 Å². The zero-order chi connectivity index (χ0) is 30.2. The summed E-state index contributed by atoms with van der Waals surface area (Å²) < 4.78 is 28.7. The van der Waals surface area contributed by atoms with Gasteiger partial charge in [-0.3, -0.25) is 13.9 Å². The van der Waals surface area contributed by atoms with Gasteiger partial charge in [0.1, 0.15) is 12.6 Å². The number of sulfonamides is 1. The van der Waals surface area contributed by atoms with Crippen LogP contribution in [0, 0.1) is 0 Å². The Morgan fingerprint density at radius 2 is 1.59 bits per heavy atom. The first-order valence-corrected chi connectivity index (χ1v) is 16.0. The summed E-state index contributed by atoms with van der Waals surface area (Å²) in [4.78, 5) is 28.7. The highest BCUT2D eigenvalue weighted by Crippen LogP contribution is 2.31. The Morgan fingerprint density at radius 3 is 2.20 bits per heavy atom. The lowest BCUT2D eigenvalue weighted by Gasteiger charge is -2.33. The highest BCUT2D eigenvalue weighted by molar-refractivity contribution is 7.92. The molecule has 0 fully saturated rings. The predicted molar refractivity (Wildman–Crippen MR) is 166 cm³/mol. The maximum Gasteiger partial charge on any atom is 0.264 e. The second-order valence-corrected chi connectivity index (χ2v) is 12.8. The highest BCUT2D eigenvalue weighted by atomic mass is 35.5.